The first-order chi connectivity index (χ1) is 6.75. The summed E-state index contributed by atoms with van der Waals surface area (Å²) in [6.07, 6.45) is 5.71. The zero-order chi connectivity index (χ0) is 10.4. The highest BCUT2D eigenvalue weighted by Crippen LogP contribution is 2.09. The van der Waals surface area contributed by atoms with Gasteiger partial charge in [0.25, 0.3) is 0 Å². The summed E-state index contributed by atoms with van der Waals surface area (Å²) in [5.74, 6) is -0.856. The van der Waals surface area contributed by atoms with E-state index < -0.39 is 5.97 Å². The van der Waals surface area contributed by atoms with Crippen LogP contribution in [0.2, 0.25) is 0 Å². The Bertz CT molecular complexity index is 340. The van der Waals surface area contributed by atoms with Gasteiger partial charge in [0.05, 0.1) is 5.56 Å². The molecule has 0 aromatic heterocycles. The molecule has 0 unspecified atom stereocenters. The number of hydrogen-bond acceptors (Lipinski definition) is 1. The molecule has 0 saturated heterocycles. The molecule has 0 saturated carbocycles. The van der Waals surface area contributed by atoms with Crippen molar-refractivity contribution >= 4 is 5.97 Å². The molecule has 0 aliphatic carbocycles. The summed E-state index contributed by atoms with van der Waals surface area (Å²) in [7, 11) is 0. The molecule has 1 aromatic carbocycles. The van der Waals surface area contributed by atoms with Gasteiger partial charge in [0.2, 0.25) is 0 Å². The Morgan fingerprint density at radius 1 is 1.36 bits per heavy atom. The molecule has 2 heteroatoms. The van der Waals surface area contributed by atoms with Crippen LogP contribution in [0.3, 0.4) is 0 Å². The number of carbonyl (C=O) groups is 1. The summed E-state index contributed by atoms with van der Waals surface area (Å²) in [5.41, 5.74) is 1.26. The van der Waals surface area contributed by atoms with E-state index in [1.807, 2.05) is 24.3 Å². The van der Waals surface area contributed by atoms with Crippen molar-refractivity contribution in [3.8, 4) is 0 Å². The Balaban J connectivity index is 2.84. The Kier molecular flexibility index (Phi) is 3.92. The fourth-order valence-corrected chi connectivity index (χ4v) is 1.28. The van der Waals surface area contributed by atoms with Gasteiger partial charge in [-0.15, -0.1) is 0 Å². The summed E-state index contributed by atoms with van der Waals surface area (Å²) in [4.78, 5) is 10.8. The number of hydrogen-bond donors (Lipinski definition) is 1. The number of allylic oxidation sites excluding steroid dienone is 2. The van der Waals surface area contributed by atoms with Crippen LogP contribution < -0.4 is 0 Å². The second kappa shape index (κ2) is 5.22. The zero-order valence-corrected chi connectivity index (χ0v) is 8.23. The van der Waals surface area contributed by atoms with E-state index >= 15 is 0 Å². The largest absolute Gasteiger partial charge is 0.478 e. The molecule has 74 valence electrons. The van der Waals surface area contributed by atoms with Crippen molar-refractivity contribution in [2.24, 2.45) is 0 Å². The van der Waals surface area contributed by atoms with Crippen LogP contribution in [-0.2, 0) is 6.42 Å². The fourth-order valence-electron chi connectivity index (χ4n) is 1.28. The van der Waals surface area contributed by atoms with E-state index in [4.69, 9.17) is 5.11 Å². The highest BCUT2D eigenvalue weighted by atomic mass is 16.4. The first-order valence-electron chi connectivity index (χ1n) is 4.72. The van der Waals surface area contributed by atoms with Crippen molar-refractivity contribution < 1.29 is 9.90 Å². The standard InChI is InChI=1S/C12H14O2/c1-2-3-4-7-10-8-5-6-9-11(10)12(13)14/h3-6,8-9H,2,7H2,1H3,(H,13,14). The van der Waals surface area contributed by atoms with E-state index in [9.17, 15) is 4.79 Å². The predicted molar refractivity (Wildman–Crippen MR) is 56.5 cm³/mol. The molecular formula is C12H14O2. The maximum atomic E-state index is 10.8. The third-order valence-corrected chi connectivity index (χ3v) is 1.99. The summed E-state index contributed by atoms with van der Waals surface area (Å²) >= 11 is 0. The molecule has 0 heterocycles. The number of aromatic carboxylic acids is 1. The minimum Gasteiger partial charge on any atom is -0.478 e. The average molecular weight is 190 g/mol. The van der Waals surface area contributed by atoms with Gasteiger partial charge in [-0.3, -0.25) is 0 Å². The highest BCUT2D eigenvalue weighted by Gasteiger charge is 2.06. The molecule has 0 bridgehead atoms. The maximum absolute atomic E-state index is 10.8. The third-order valence-electron chi connectivity index (χ3n) is 1.99. The van der Waals surface area contributed by atoms with Crippen LogP contribution >= 0.6 is 0 Å². The first-order valence-corrected chi connectivity index (χ1v) is 4.72. The van der Waals surface area contributed by atoms with E-state index in [1.165, 1.54) is 0 Å². The van der Waals surface area contributed by atoms with Crippen LogP contribution in [0.4, 0.5) is 0 Å². The van der Waals surface area contributed by atoms with Gasteiger partial charge in [0.1, 0.15) is 0 Å². The van der Waals surface area contributed by atoms with Crippen LogP contribution in [0.1, 0.15) is 29.3 Å². The molecule has 1 N–H and O–H groups in total. The van der Waals surface area contributed by atoms with Crippen LogP contribution in [0, 0.1) is 0 Å². The van der Waals surface area contributed by atoms with Crippen molar-refractivity contribution in [1.82, 2.24) is 0 Å². The molecule has 1 rings (SSSR count). The Labute approximate surface area is 83.9 Å². The summed E-state index contributed by atoms with van der Waals surface area (Å²) in [6, 6.07) is 7.10. The normalized spacial score (nSPS) is 10.6. The van der Waals surface area contributed by atoms with Crippen LogP contribution in [0.5, 0.6) is 0 Å². The fraction of sp³-hybridized carbons (Fsp3) is 0.250. The van der Waals surface area contributed by atoms with Crippen molar-refractivity contribution in [2.45, 2.75) is 19.8 Å². The molecule has 0 aliphatic heterocycles. The highest BCUT2D eigenvalue weighted by molar-refractivity contribution is 5.89. The Hall–Kier alpha value is -1.57. The number of carboxylic acid groups (broad SMARTS) is 1. The lowest BCUT2D eigenvalue weighted by atomic mass is 10.0. The van der Waals surface area contributed by atoms with Gasteiger partial charge in [-0.25, -0.2) is 4.79 Å². The molecule has 0 atom stereocenters. The summed E-state index contributed by atoms with van der Waals surface area (Å²) in [5, 5.41) is 8.90. The third kappa shape index (κ3) is 2.73. The smallest absolute Gasteiger partial charge is 0.335 e. The molecule has 0 aliphatic rings. The van der Waals surface area contributed by atoms with Crippen molar-refractivity contribution in [3.63, 3.8) is 0 Å². The van der Waals surface area contributed by atoms with Gasteiger partial charge in [-0.1, -0.05) is 37.3 Å². The molecule has 14 heavy (non-hydrogen) atoms. The number of benzene rings is 1. The van der Waals surface area contributed by atoms with Crippen molar-refractivity contribution in [1.29, 1.82) is 0 Å². The minimum absolute atomic E-state index is 0.397. The van der Waals surface area contributed by atoms with Gasteiger partial charge in [0, 0.05) is 0 Å². The van der Waals surface area contributed by atoms with Crippen molar-refractivity contribution in [3.05, 3.63) is 47.5 Å². The maximum Gasteiger partial charge on any atom is 0.335 e. The molecule has 0 radical (unpaired) electrons. The van der Waals surface area contributed by atoms with Crippen molar-refractivity contribution in [2.75, 3.05) is 0 Å². The Morgan fingerprint density at radius 3 is 2.71 bits per heavy atom. The second-order valence-corrected chi connectivity index (χ2v) is 3.05. The second-order valence-electron chi connectivity index (χ2n) is 3.05. The van der Waals surface area contributed by atoms with E-state index in [0.29, 0.717) is 12.0 Å². The lowest BCUT2D eigenvalue weighted by Gasteiger charge is -2.01. The first kappa shape index (κ1) is 10.5. The molecule has 0 fully saturated rings. The minimum atomic E-state index is -0.856. The number of rotatable bonds is 4. The van der Waals surface area contributed by atoms with Gasteiger partial charge >= 0.3 is 5.97 Å². The molecular weight excluding hydrogens is 176 g/mol. The average Bonchev–Trinajstić information content (AvgIpc) is 2.19. The predicted octanol–water partition coefficient (Wildman–Crippen LogP) is 2.89. The van der Waals surface area contributed by atoms with E-state index in [1.54, 1.807) is 12.1 Å². The van der Waals surface area contributed by atoms with Crippen LogP contribution in [0.25, 0.3) is 0 Å². The zero-order valence-electron chi connectivity index (χ0n) is 8.23. The number of carboxylic acids is 1. The van der Waals surface area contributed by atoms with Gasteiger partial charge < -0.3 is 5.11 Å². The quantitative estimate of drug-likeness (QED) is 0.741. The molecule has 0 spiro atoms. The van der Waals surface area contributed by atoms with Gasteiger partial charge in [-0.05, 0) is 24.5 Å². The molecule has 0 amide bonds. The SMILES string of the molecule is CCC=CCc1ccccc1C(=O)O. The van der Waals surface area contributed by atoms with E-state index in [-0.39, 0.29) is 0 Å². The summed E-state index contributed by atoms with van der Waals surface area (Å²) in [6.45, 7) is 2.06. The van der Waals surface area contributed by atoms with E-state index in [2.05, 4.69) is 6.92 Å². The molecule has 2 nitrogen and oxygen atoms in total. The lowest BCUT2D eigenvalue weighted by Crippen LogP contribution is -2.00. The topological polar surface area (TPSA) is 37.3 Å². The lowest BCUT2D eigenvalue weighted by molar-refractivity contribution is 0.0696. The Morgan fingerprint density at radius 2 is 2.07 bits per heavy atom. The van der Waals surface area contributed by atoms with Crippen LogP contribution in [0.15, 0.2) is 36.4 Å². The van der Waals surface area contributed by atoms with Gasteiger partial charge in [-0.2, -0.15) is 0 Å². The summed E-state index contributed by atoms with van der Waals surface area (Å²) < 4.78 is 0. The molecule has 1 aromatic rings. The van der Waals surface area contributed by atoms with Gasteiger partial charge in [0.15, 0.2) is 0 Å². The van der Waals surface area contributed by atoms with E-state index in [0.717, 1.165) is 12.0 Å². The van der Waals surface area contributed by atoms with Crippen LogP contribution in [-0.4, -0.2) is 11.1 Å². The monoisotopic (exact) mass is 190 g/mol.